The molecule has 0 saturated heterocycles. The van der Waals surface area contributed by atoms with E-state index in [1.165, 1.54) is 0 Å². The van der Waals surface area contributed by atoms with E-state index < -0.39 is 0 Å². The standard InChI is InChI=1S/C23H20ClN3O/c1-25-19-9-5-6-10-21(19)27-23(17-7-3-2-4-8-17)22(20(15-28)26-27)16-11-13-18(24)14-12-16/h2-15,22-23,25H,1H3. The van der Waals surface area contributed by atoms with Crippen molar-refractivity contribution in [3.8, 4) is 0 Å². The minimum Gasteiger partial charge on any atom is -0.386 e. The Labute approximate surface area is 169 Å². The summed E-state index contributed by atoms with van der Waals surface area (Å²) < 4.78 is 0. The SMILES string of the molecule is CNc1ccccc1N1N=C(C=O)C(c2ccc(Cl)cc2)C1c1ccccc1. The average molecular weight is 390 g/mol. The van der Waals surface area contributed by atoms with Crippen LogP contribution in [0.1, 0.15) is 23.1 Å². The molecule has 0 spiro atoms. The van der Waals surface area contributed by atoms with E-state index in [0.717, 1.165) is 28.8 Å². The van der Waals surface area contributed by atoms with Gasteiger partial charge >= 0.3 is 0 Å². The van der Waals surface area contributed by atoms with Crippen molar-refractivity contribution in [1.29, 1.82) is 0 Å². The van der Waals surface area contributed by atoms with Crippen LogP contribution in [0.2, 0.25) is 5.02 Å². The van der Waals surface area contributed by atoms with Gasteiger partial charge in [-0.1, -0.05) is 66.2 Å². The number of nitrogens with one attached hydrogen (secondary N) is 1. The molecule has 1 heterocycles. The number of rotatable bonds is 5. The number of halogens is 1. The molecule has 5 heteroatoms. The molecule has 4 rings (SSSR count). The van der Waals surface area contributed by atoms with Crippen molar-refractivity contribution in [2.24, 2.45) is 5.10 Å². The van der Waals surface area contributed by atoms with Crippen LogP contribution in [-0.2, 0) is 4.79 Å². The molecule has 0 aromatic heterocycles. The smallest absolute Gasteiger partial charge is 0.166 e. The van der Waals surface area contributed by atoms with Crippen LogP contribution in [0.4, 0.5) is 11.4 Å². The van der Waals surface area contributed by atoms with Crippen LogP contribution in [0, 0.1) is 0 Å². The van der Waals surface area contributed by atoms with E-state index in [1.807, 2.05) is 78.8 Å². The second-order valence-electron chi connectivity index (χ2n) is 6.64. The van der Waals surface area contributed by atoms with Gasteiger partial charge in [-0.25, -0.2) is 0 Å². The Morgan fingerprint density at radius 3 is 2.29 bits per heavy atom. The molecule has 28 heavy (non-hydrogen) atoms. The fourth-order valence-corrected chi connectivity index (χ4v) is 3.87. The third kappa shape index (κ3) is 3.27. The van der Waals surface area contributed by atoms with Crippen LogP contribution in [0.15, 0.2) is 84.0 Å². The van der Waals surface area contributed by atoms with Crippen LogP contribution < -0.4 is 10.3 Å². The van der Waals surface area contributed by atoms with Crippen molar-refractivity contribution in [1.82, 2.24) is 0 Å². The summed E-state index contributed by atoms with van der Waals surface area (Å²) in [5, 5.41) is 10.6. The van der Waals surface area contributed by atoms with Crippen LogP contribution in [0.3, 0.4) is 0 Å². The lowest BCUT2D eigenvalue weighted by Crippen LogP contribution is -2.25. The average Bonchev–Trinajstić information content (AvgIpc) is 3.14. The predicted octanol–water partition coefficient (Wildman–Crippen LogP) is 5.28. The molecule has 2 unspecified atom stereocenters. The van der Waals surface area contributed by atoms with Crippen molar-refractivity contribution >= 4 is 35.0 Å². The fraction of sp³-hybridized carbons (Fsp3) is 0.130. The molecular formula is C23H20ClN3O. The molecule has 1 N–H and O–H groups in total. The minimum absolute atomic E-state index is 0.142. The number of carbonyl (C=O) groups is 1. The maximum atomic E-state index is 12.0. The van der Waals surface area contributed by atoms with Gasteiger partial charge in [0.15, 0.2) is 6.29 Å². The normalized spacial score (nSPS) is 18.6. The third-order valence-electron chi connectivity index (χ3n) is 5.03. The van der Waals surface area contributed by atoms with Crippen LogP contribution in [0.5, 0.6) is 0 Å². The fourth-order valence-electron chi connectivity index (χ4n) is 3.74. The molecule has 2 atom stereocenters. The van der Waals surface area contributed by atoms with E-state index in [9.17, 15) is 4.79 Å². The Morgan fingerprint density at radius 2 is 1.61 bits per heavy atom. The van der Waals surface area contributed by atoms with Gasteiger partial charge in [0, 0.05) is 12.1 Å². The second-order valence-corrected chi connectivity index (χ2v) is 7.08. The number of carbonyl (C=O) groups excluding carboxylic acids is 1. The second kappa shape index (κ2) is 7.87. The molecule has 0 bridgehead atoms. The number of anilines is 2. The first kappa shape index (κ1) is 18.3. The van der Waals surface area contributed by atoms with Crippen molar-refractivity contribution in [3.05, 3.63) is 95.0 Å². The highest BCUT2D eigenvalue weighted by atomic mass is 35.5. The first-order valence-corrected chi connectivity index (χ1v) is 9.51. The van der Waals surface area contributed by atoms with Gasteiger partial charge in [-0.15, -0.1) is 0 Å². The Morgan fingerprint density at radius 1 is 0.929 bits per heavy atom. The number of nitrogens with zero attached hydrogens (tertiary/aromatic N) is 2. The lowest BCUT2D eigenvalue weighted by Gasteiger charge is -2.30. The summed E-state index contributed by atoms with van der Waals surface area (Å²) in [6, 6.07) is 25.6. The maximum absolute atomic E-state index is 12.0. The van der Waals surface area contributed by atoms with E-state index in [4.69, 9.17) is 16.7 Å². The molecule has 0 fully saturated rings. The molecule has 0 aliphatic carbocycles. The number of hydrazone groups is 1. The van der Waals surface area contributed by atoms with Crippen LogP contribution in [0.25, 0.3) is 0 Å². The number of benzene rings is 3. The molecular weight excluding hydrogens is 370 g/mol. The molecule has 3 aromatic rings. The highest BCUT2D eigenvalue weighted by Gasteiger charge is 2.40. The van der Waals surface area contributed by atoms with Gasteiger partial charge in [0.05, 0.1) is 23.3 Å². The van der Waals surface area contributed by atoms with Crippen molar-refractivity contribution in [2.45, 2.75) is 12.0 Å². The van der Waals surface area contributed by atoms with Gasteiger partial charge in [0.1, 0.15) is 5.71 Å². The summed E-state index contributed by atoms with van der Waals surface area (Å²) >= 11 is 6.09. The topological polar surface area (TPSA) is 44.7 Å². The first-order valence-electron chi connectivity index (χ1n) is 9.13. The summed E-state index contributed by atoms with van der Waals surface area (Å²) in [5.41, 5.74) is 4.48. The number of hydrogen-bond donors (Lipinski definition) is 1. The molecule has 4 nitrogen and oxygen atoms in total. The lowest BCUT2D eigenvalue weighted by atomic mass is 9.84. The van der Waals surface area contributed by atoms with Gasteiger partial charge in [-0.05, 0) is 35.4 Å². The van der Waals surface area contributed by atoms with Crippen molar-refractivity contribution in [3.63, 3.8) is 0 Å². The van der Waals surface area contributed by atoms with E-state index in [0.29, 0.717) is 10.7 Å². The predicted molar refractivity (Wildman–Crippen MR) is 115 cm³/mol. The Balaban J connectivity index is 1.89. The van der Waals surface area contributed by atoms with E-state index in [-0.39, 0.29) is 12.0 Å². The van der Waals surface area contributed by atoms with Crippen molar-refractivity contribution < 1.29 is 4.79 Å². The molecule has 1 aliphatic heterocycles. The molecule has 0 radical (unpaired) electrons. The van der Waals surface area contributed by atoms with E-state index in [2.05, 4.69) is 17.4 Å². The highest BCUT2D eigenvalue weighted by molar-refractivity contribution is 6.32. The van der Waals surface area contributed by atoms with Crippen LogP contribution in [-0.4, -0.2) is 19.0 Å². The Hall–Kier alpha value is -3.11. The van der Waals surface area contributed by atoms with Gasteiger partial charge in [-0.2, -0.15) is 5.10 Å². The first-order chi connectivity index (χ1) is 13.7. The minimum atomic E-state index is -0.193. The monoisotopic (exact) mass is 389 g/mol. The summed E-state index contributed by atoms with van der Waals surface area (Å²) in [6.07, 6.45) is 0.858. The molecule has 0 saturated carbocycles. The summed E-state index contributed by atoms with van der Waals surface area (Å²) in [7, 11) is 1.88. The molecule has 0 amide bonds. The number of para-hydroxylation sites is 2. The maximum Gasteiger partial charge on any atom is 0.166 e. The molecule has 3 aromatic carbocycles. The van der Waals surface area contributed by atoms with Gasteiger partial charge in [-0.3, -0.25) is 9.80 Å². The lowest BCUT2D eigenvalue weighted by molar-refractivity contribution is -0.102. The van der Waals surface area contributed by atoms with Gasteiger partial charge in [0.2, 0.25) is 0 Å². The van der Waals surface area contributed by atoms with E-state index >= 15 is 0 Å². The number of hydrogen-bond acceptors (Lipinski definition) is 4. The Bertz CT molecular complexity index is 1000. The molecule has 140 valence electrons. The largest absolute Gasteiger partial charge is 0.386 e. The summed E-state index contributed by atoms with van der Waals surface area (Å²) in [5.74, 6) is -0.193. The molecule has 1 aliphatic rings. The zero-order valence-electron chi connectivity index (χ0n) is 15.4. The van der Waals surface area contributed by atoms with Gasteiger partial charge in [0.25, 0.3) is 0 Å². The third-order valence-corrected chi connectivity index (χ3v) is 5.28. The van der Waals surface area contributed by atoms with E-state index in [1.54, 1.807) is 0 Å². The van der Waals surface area contributed by atoms with Gasteiger partial charge < -0.3 is 5.32 Å². The zero-order chi connectivity index (χ0) is 19.5. The van der Waals surface area contributed by atoms with Crippen molar-refractivity contribution in [2.75, 3.05) is 17.4 Å². The quantitative estimate of drug-likeness (QED) is 0.603. The zero-order valence-corrected chi connectivity index (χ0v) is 16.2. The summed E-state index contributed by atoms with van der Waals surface area (Å²) in [6.45, 7) is 0. The highest BCUT2D eigenvalue weighted by Crippen LogP contribution is 2.46. The summed E-state index contributed by atoms with van der Waals surface area (Å²) in [4.78, 5) is 12.0. The van der Waals surface area contributed by atoms with Crippen LogP contribution >= 0.6 is 11.6 Å². The number of aldehydes is 1. The Kier molecular flexibility index (Phi) is 5.13.